The fourth-order valence-corrected chi connectivity index (χ4v) is 1.39. The molecule has 3 N–H and O–H groups in total. The summed E-state index contributed by atoms with van der Waals surface area (Å²) < 4.78 is 0. The van der Waals surface area contributed by atoms with Crippen LogP contribution in [-0.2, 0) is 0 Å². The molecule has 0 spiro atoms. The topological polar surface area (TPSA) is 87.1 Å². The number of allylic oxidation sites excluding steroid dienone is 1. The van der Waals surface area contributed by atoms with Crippen LogP contribution in [0.5, 0.6) is 0 Å². The van der Waals surface area contributed by atoms with Crippen molar-refractivity contribution in [2.45, 2.75) is 0 Å². The van der Waals surface area contributed by atoms with Gasteiger partial charge in [0.05, 0.1) is 11.6 Å². The summed E-state index contributed by atoms with van der Waals surface area (Å²) in [7, 11) is 0. The third-order valence-electron chi connectivity index (χ3n) is 2.34. The molecule has 0 aliphatic heterocycles. The van der Waals surface area contributed by atoms with E-state index in [1.165, 1.54) is 12.1 Å². The second kappa shape index (κ2) is 8.11. The molecule has 0 radical (unpaired) electrons. The number of hydrogen-bond donors (Lipinski definition) is 2. The molecule has 2 aromatic rings. The summed E-state index contributed by atoms with van der Waals surface area (Å²) in [5.74, 6) is -0.988. The predicted molar refractivity (Wildman–Crippen MR) is 78.9 cm³/mol. The Morgan fingerprint density at radius 1 is 1.10 bits per heavy atom. The van der Waals surface area contributed by atoms with Crippen LogP contribution < -0.4 is 5.73 Å². The molecule has 2 aromatic carbocycles. The minimum absolute atomic E-state index is 0.155. The van der Waals surface area contributed by atoms with Crippen LogP contribution in [-0.4, -0.2) is 11.1 Å². The number of carboxylic acid groups (broad SMARTS) is 1. The number of nitrogens with zero attached hydrogens (tertiary/aromatic N) is 1. The molecular formula is C16H14N2O2. The standard InChI is InChI=1S/C9H7N.C7H7NO2/c10-8-4-7-9-5-2-1-3-6-9;8-6-4-2-1-3-5(6)7(9)10/h1-7H;1-4H,8H2,(H,9,10)/b7-4+;. The van der Waals surface area contributed by atoms with Gasteiger partial charge in [0.15, 0.2) is 0 Å². The lowest BCUT2D eigenvalue weighted by Crippen LogP contribution is -2.00. The molecule has 4 nitrogen and oxygen atoms in total. The first-order valence-electron chi connectivity index (χ1n) is 5.84. The lowest BCUT2D eigenvalue weighted by molar-refractivity contribution is 0.0698. The van der Waals surface area contributed by atoms with E-state index >= 15 is 0 Å². The number of nitrogen functional groups attached to an aromatic ring is 1. The van der Waals surface area contributed by atoms with Crippen molar-refractivity contribution in [1.29, 1.82) is 5.26 Å². The molecule has 0 saturated carbocycles. The van der Waals surface area contributed by atoms with Gasteiger partial charge in [0, 0.05) is 11.8 Å². The monoisotopic (exact) mass is 266 g/mol. The van der Waals surface area contributed by atoms with Crippen LogP contribution >= 0.6 is 0 Å². The minimum Gasteiger partial charge on any atom is -0.478 e. The number of para-hydroxylation sites is 1. The van der Waals surface area contributed by atoms with E-state index < -0.39 is 5.97 Å². The highest BCUT2D eigenvalue weighted by Gasteiger charge is 2.03. The molecule has 0 aliphatic rings. The molecule has 0 bridgehead atoms. The minimum atomic E-state index is -0.988. The average molecular weight is 266 g/mol. The third-order valence-corrected chi connectivity index (χ3v) is 2.34. The maximum atomic E-state index is 10.3. The van der Waals surface area contributed by atoms with Crippen molar-refractivity contribution in [3.05, 3.63) is 71.8 Å². The predicted octanol–water partition coefficient (Wildman–Crippen LogP) is 3.19. The second-order valence-corrected chi connectivity index (χ2v) is 3.77. The summed E-state index contributed by atoms with van der Waals surface area (Å²) >= 11 is 0. The molecule has 100 valence electrons. The molecule has 0 aliphatic carbocycles. The molecule has 2 rings (SSSR count). The van der Waals surface area contributed by atoms with Gasteiger partial charge in [-0.15, -0.1) is 0 Å². The Balaban J connectivity index is 0.000000200. The fourth-order valence-electron chi connectivity index (χ4n) is 1.39. The molecule has 0 amide bonds. The average Bonchev–Trinajstić information content (AvgIpc) is 2.47. The maximum absolute atomic E-state index is 10.3. The third kappa shape index (κ3) is 5.07. The number of nitriles is 1. The Morgan fingerprint density at radius 3 is 2.20 bits per heavy atom. The number of carbonyl (C=O) groups is 1. The summed E-state index contributed by atoms with van der Waals surface area (Å²) in [4.78, 5) is 10.3. The van der Waals surface area contributed by atoms with Gasteiger partial charge >= 0.3 is 5.97 Å². The van der Waals surface area contributed by atoms with Gasteiger partial charge in [-0.05, 0) is 23.8 Å². The highest BCUT2D eigenvalue weighted by Crippen LogP contribution is 2.09. The van der Waals surface area contributed by atoms with Crippen LogP contribution in [0, 0.1) is 11.3 Å². The Hall–Kier alpha value is -3.06. The number of rotatable bonds is 2. The van der Waals surface area contributed by atoms with E-state index in [1.54, 1.807) is 24.3 Å². The van der Waals surface area contributed by atoms with E-state index in [0.29, 0.717) is 5.69 Å². The van der Waals surface area contributed by atoms with Gasteiger partial charge in [-0.25, -0.2) is 4.79 Å². The lowest BCUT2D eigenvalue weighted by Gasteiger charge is -1.96. The zero-order valence-corrected chi connectivity index (χ0v) is 10.7. The number of hydrogen-bond acceptors (Lipinski definition) is 3. The van der Waals surface area contributed by atoms with Crippen LogP contribution in [0.25, 0.3) is 6.08 Å². The van der Waals surface area contributed by atoms with Gasteiger partial charge < -0.3 is 10.8 Å². The van der Waals surface area contributed by atoms with Crippen LogP contribution in [0.3, 0.4) is 0 Å². The van der Waals surface area contributed by atoms with Crippen molar-refractivity contribution in [2.75, 3.05) is 5.73 Å². The summed E-state index contributed by atoms with van der Waals surface area (Å²) in [5.41, 5.74) is 6.86. The second-order valence-electron chi connectivity index (χ2n) is 3.77. The van der Waals surface area contributed by atoms with Crippen LogP contribution in [0.1, 0.15) is 15.9 Å². The zero-order valence-electron chi connectivity index (χ0n) is 10.7. The van der Waals surface area contributed by atoms with Crippen molar-refractivity contribution >= 4 is 17.7 Å². The Morgan fingerprint density at radius 2 is 1.70 bits per heavy atom. The van der Waals surface area contributed by atoms with Gasteiger partial charge in [-0.1, -0.05) is 42.5 Å². The van der Waals surface area contributed by atoms with Crippen LogP contribution in [0.15, 0.2) is 60.7 Å². The Labute approximate surface area is 117 Å². The zero-order chi connectivity index (χ0) is 14.8. The first kappa shape index (κ1) is 15.0. The van der Waals surface area contributed by atoms with E-state index in [9.17, 15) is 4.79 Å². The van der Waals surface area contributed by atoms with E-state index in [-0.39, 0.29) is 5.56 Å². The Bertz CT molecular complexity index is 628. The molecule has 0 unspecified atom stereocenters. The van der Waals surface area contributed by atoms with Crippen molar-refractivity contribution in [1.82, 2.24) is 0 Å². The van der Waals surface area contributed by atoms with E-state index in [1.807, 2.05) is 36.4 Å². The molecule has 0 aromatic heterocycles. The van der Waals surface area contributed by atoms with Crippen molar-refractivity contribution in [3.63, 3.8) is 0 Å². The van der Waals surface area contributed by atoms with Gasteiger partial charge in [-0.2, -0.15) is 5.26 Å². The number of carboxylic acids is 1. The van der Waals surface area contributed by atoms with E-state index in [0.717, 1.165) is 5.56 Å². The molecular weight excluding hydrogens is 252 g/mol. The summed E-state index contributed by atoms with van der Waals surface area (Å²) in [6, 6.07) is 18.0. The number of nitrogens with two attached hydrogens (primary N) is 1. The molecule has 0 heterocycles. The van der Waals surface area contributed by atoms with Crippen molar-refractivity contribution in [3.8, 4) is 6.07 Å². The Kier molecular flexibility index (Phi) is 6.09. The van der Waals surface area contributed by atoms with Gasteiger partial charge in [0.2, 0.25) is 0 Å². The van der Waals surface area contributed by atoms with Crippen LogP contribution in [0.4, 0.5) is 5.69 Å². The van der Waals surface area contributed by atoms with E-state index in [2.05, 4.69) is 0 Å². The first-order valence-corrected chi connectivity index (χ1v) is 5.84. The SMILES string of the molecule is N#C/C=C/c1ccccc1.Nc1ccccc1C(=O)O. The van der Waals surface area contributed by atoms with Gasteiger partial charge in [0.1, 0.15) is 0 Å². The number of anilines is 1. The molecule has 0 saturated heterocycles. The fraction of sp³-hybridized carbons (Fsp3) is 0. The molecule has 20 heavy (non-hydrogen) atoms. The summed E-state index contributed by atoms with van der Waals surface area (Å²) in [5, 5.41) is 16.7. The lowest BCUT2D eigenvalue weighted by atomic mass is 10.2. The maximum Gasteiger partial charge on any atom is 0.337 e. The summed E-state index contributed by atoms with van der Waals surface area (Å²) in [6.07, 6.45) is 3.25. The van der Waals surface area contributed by atoms with Crippen LogP contribution in [0.2, 0.25) is 0 Å². The highest BCUT2D eigenvalue weighted by atomic mass is 16.4. The molecule has 0 atom stereocenters. The quantitative estimate of drug-likeness (QED) is 0.645. The van der Waals surface area contributed by atoms with Gasteiger partial charge in [-0.3, -0.25) is 0 Å². The van der Waals surface area contributed by atoms with E-state index in [4.69, 9.17) is 16.1 Å². The van der Waals surface area contributed by atoms with Crippen molar-refractivity contribution < 1.29 is 9.90 Å². The highest BCUT2D eigenvalue weighted by molar-refractivity contribution is 5.93. The normalized spacial score (nSPS) is 9.35. The first-order chi connectivity index (χ1) is 9.65. The molecule has 0 fully saturated rings. The molecule has 4 heteroatoms. The van der Waals surface area contributed by atoms with Gasteiger partial charge in [0.25, 0.3) is 0 Å². The smallest absolute Gasteiger partial charge is 0.337 e. The number of aromatic carboxylic acids is 1. The summed E-state index contributed by atoms with van der Waals surface area (Å²) in [6.45, 7) is 0. The number of benzene rings is 2. The largest absolute Gasteiger partial charge is 0.478 e. The van der Waals surface area contributed by atoms with Crippen molar-refractivity contribution in [2.24, 2.45) is 0 Å².